The third-order valence-corrected chi connectivity index (χ3v) is 2.69. The molecule has 0 aliphatic carbocycles. The van der Waals surface area contributed by atoms with Crippen LogP contribution in [0.4, 0.5) is 0 Å². The molecule has 0 bridgehead atoms. The van der Waals surface area contributed by atoms with Crippen LogP contribution in [0.1, 0.15) is 32.8 Å². The molecule has 1 amide bonds. The van der Waals surface area contributed by atoms with Crippen LogP contribution in [0.2, 0.25) is 5.02 Å². The summed E-state index contributed by atoms with van der Waals surface area (Å²) in [4.78, 5) is 13.7. The molecule has 0 fully saturated rings. The van der Waals surface area contributed by atoms with Crippen molar-refractivity contribution in [3.63, 3.8) is 0 Å². The number of rotatable bonds is 3. The summed E-state index contributed by atoms with van der Waals surface area (Å²) in [5.41, 5.74) is 1.13. The minimum absolute atomic E-state index is 0.0331. The second-order valence-corrected chi connectivity index (χ2v) is 6.05. The molecular weight excluding hydrogens is 234 g/mol. The lowest BCUT2D eigenvalue weighted by Crippen LogP contribution is -2.29. The first kappa shape index (κ1) is 14.0. The van der Waals surface area contributed by atoms with Crippen molar-refractivity contribution >= 4 is 17.5 Å². The highest BCUT2D eigenvalue weighted by atomic mass is 35.5. The lowest BCUT2D eigenvalue weighted by Gasteiger charge is -2.23. The highest BCUT2D eigenvalue weighted by Gasteiger charge is 2.18. The topological polar surface area (TPSA) is 20.3 Å². The number of hydrogen-bond donors (Lipinski definition) is 0. The number of carbonyl (C=O) groups is 1. The van der Waals surface area contributed by atoms with Gasteiger partial charge in [-0.25, -0.2) is 0 Å². The average Bonchev–Trinajstić information content (AvgIpc) is 2.19. The molecule has 0 unspecified atom stereocenters. The van der Waals surface area contributed by atoms with Crippen molar-refractivity contribution in [3.05, 3.63) is 34.9 Å². The molecular formula is C14H20ClNO. The zero-order chi connectivity index (χ0) is 13.1. The first-order valence-electron chi connectivity index (χ1n) is 5.76. The summed E-state index contributed by atoms with van der Waals surface area (Å²) >= 11 is 5.82. The first-order chi connectivity index (χ1) is 7.78. The van der Waals surface area contributed by atoms with Gasteiger partial charge in [0.1, 0.15) is 0 Å². The van der Waals surface area contributed by atoms with E-state index in [9.17, 15) is 4.79 Å². The minimum Gasteiger partial charge on any atom is -0.341 e. The third-order valence-electron chi connectivity index (χ3n) is 2.44. The van der Waals surface area contributed by atoms with Gasteiger partial charge < -0.3 is 4.90 Å². The Balaban J connectivity index is 2.57. The van der Waals surface area contributed by atoms with E-state index >= 15 is 0 Å². The number of amides is 1. The number of halogens is 1. The highest BCUT2D eigenvalue weighted by Crippen LogP contribution is 2.20. The lowest BCUT2D eigenvalue weighted by atomic mass is 9.91. The molecule has 0 aromatic heterocycles. The Kier molecular flexibility index (Phi) is 4.58. The summed E-state index contributed by atoms with van der Waals surface area (Å²) in [5, 5.41) is 0.720. The van der Waals surface area contributed by atoms with Gasteiger partial charge in [0.25, 0.3) is 0 Å². The molecule has 94 valence electrons. The van der Waals surface area contributed by atoms with Crippen LogP contribution >= 0.6 is 11.6 Å². The smallest absolute Gasteiger partial charge is 0.223 e. The predicted octanol–water partition coefficient (Wildman–Crippen LogP) is 3.73. The van der Waals surface area contributed by atoms with E-state index in [2.05, 4.69) is 20.8 Å². The highest BCUT2D eigenvalue weighted by molar-refractivity contribution is 6.30. The molecule has 0 saturated carbocycles. The van der Waals surface area contributed by atoms with E-state index in [4.69, 9.17) is 11.6 Å². The Morgan fingerprint density at radius 2 is 1.76 bits per heavy atom. The molecule has 0 aliphatic rings. The lowest BCUT2D eigenvalue weighted by molar-refractivity contribution is -0.132. The zero-order valence-electron chi connectivity index (χ0n) is 11.0. The number of hydrogen-bond acceptors (Lipinski definition) is 1. The summed E-state index contributed by atoms with van der Waals surface area (Å²) in [6.45, 7) is 6.84. The van der Waals surface area contributed by atoms with E-state index in [1.807, 2.05) is 31.3 Å². The molecule has 17 heavy (non-hydrogen) atoms. The maximum atomic E-state index is 11.9. The maximum absolute atomic E-state index is 11.9. The second kappa shape index (κ2) is 5.54. The maximum Gasteiger partial charge on any atom is 0.223 e. The van der Waals surface area contributed by atoms with Gasteiger partial charge >= 0.3 is 0 Å². The third kappa shape index (κ3) is 5.22. The number of benzene rings is 1. The summed E-state index contributed by atoms with van der Waals surface area (Å²) in [5.74, 6) is 0.174. The monoisotopic (exact) mass is 253 g/mol. The molecule has 0 N–H and O–H groups in total. The van der Waals surface area contributed by atoms with Crippen LogP contribution < -0.4 is 0 Å². The van der Waals surface area contributed by atoms with Crippen molar-refractivity contribution in [1.29, 1.82) is 0 Å². The summed E-state index contributed by atoms with van der Waals surface area (Å²) < 4.78 is 0. The van der Waals surface area contributed by atoms with Gasteiger partial charge in [0.2, 0.25) is 5.91 Å². The van der Waals surface area contributed by atoms with Crippen LogP contribution in [0, 0.1) is 5.41 Å². The van der Waals surface area contributed by atoms with Gasteiger partial charge in [-0.1, -0.05) is 44.5 Å². The molecule has 0 saturated heterocycles. The van der Waals surface area contributed by atoms with Crippen LogP contribution in [0.3, 0.4) is 0 Å². The molecule has 1 aromatic rings. The Labute approximate surface area is 109 Å². The summed E-state index contributed by atoms with van der Waals surface area (Å²) in [7, 11) is 1.84. The average molecular weight is 254 g/mol. The van der Waals surface area contributed by atoms with E-state index in [0.29, 0.717) is 13.0 Å². The van der Waals surface area contributed by atoms with Gasteiger partial charge in [-0.15, -0.1) is 0 Å². The van der Waals surface area contributed by atoms with E-state index in [1.54, 1.807) is 4.90 Å². The van der Waals surface area contributed by atoms with Crippen molar-refractivity contribution in [2.45, 2.75) is 33.7 Å². The van der Waals surface area contributed by atoms with E-state index in [0.717, 1.165) is 10.6 Å². The molecule has 0 atom stereocenters. The van der Waals surface area contributed by atoms with E-state index in [-0.39, 0.29) is 11.3 Å². The fourth-order valence-corrected chi connectivity index (χ4v) is 1.67. The van der Waals surface area contributed by atoms with Gasteiger partial charge in [-0.2, -0.15) is 0 Å². The fourth-order valence-electron chi connectivity index (χ4n) is 1.54. The predicted molar refractivity (Wildman–Crippen MR) is 72.0 cm³/mol. The van der Waals surface area contributed by atoms with Gasteiger partial charge in [0.15, 0.2) is 0 Å². The van der Waals surface area contributed by atoms with E-state index < -0.39 is 0 Å². The fraction of sp³-hybridized carbons (Fsp3) is 0.500. The SMILES string of the molecule is CN(Cc1ccc(Cl)cc1)C(=O)CC(C)(C)C. The molecule has 0 spiro atoms. The van der Waals surface area contributed by atoms with Crippen LogP contribution in [0.5, 0.6) is 0 Å². The van der Waals surface area contributed by atoms with Crippen molar-refractivity contribution in [2.24, 2.45) is 5.41 Å². The standard InChI is InChI=1S/C14H20ClNO/c1-14(2,3)9-13(17)16(4)10-11-5-7-12(15)8-6-11/h5-8H,9-10H2,1-4H3. The van der Waals surface area contributed by atoms with E-state index in [1.165, 1.54) is 0 Å². The molecule has 1 aromatic carbocycles. The second-order valence-electron chi connectivity index (χ2n) is 5.61. The largest absolute Gasteiger partial charge is 0.341 e. The van der Waals surface area contributed by atoms with Crippen LogP contribution in [-0.2, 0) is 11.3 Å². The molecule has 0 aliphatic heterocycles. The quantitative estimate of drug-likeness (QED) is 0.804. The zero-order valence-corrected chi connectivity index (χ0v) is 11.7. The molecule has 3 heteroatoms. The molecule has 0 radical (unpaired) electrons. The number of carbonyl (C=O) groups excluding carboxylic acids is 1. The number of nitrogens with zero attached hydrogens (tertiary/aromatic N) is 1. The van der Waals surface area contributed by atoms with Crippen LogP contribution in [-0.4, -0.2) is 17.9 Å². The molecule has 0 heterocycles. The van der Waals surface area contributed by atoms with Crippen molar-refractivity contribution in [1.82, 2.24) is 4.90 Å². The summed E-state index contributed by atoms with van der Waals surface area (Å²) in [6.07, 6.45) is 0.567. The van der Waals surface area contributed by atoms with Gasteiger partial charge in [-0.3, -0.25) is 4.79 Å². The van der Waals surface area contributed by atoms with Gasteiger partial charge in [-0.05, 0) is 23.1 Å². The Morgan fingerprint density at radius 3 is 2.24 bits per heavy atom. The van der Waals surface area contributed by atoms with Gasteiger partial charge in [0, 0.05) is 25.0 Å². The Hall–Kier alpha value is -1.02. The van der Waals surface area contributed by atoms with Crippen LogP contribution in [0.25, 0.3) is 0 Å². The Morgan fingerprint density at radius 1 is 1.24 bits per heavy atom. The normalized spacial score (nSPS) is 11.4. The summed E-state index contributed by atoms with van der Waals surface area (Å²) in [6, 6.07) is 7.59. The first-order valence-corrected chi connectivity index (χ1v) is 6.14. The van der Waals surface area contributed by atoms with Gasteiger partial charge in [0.05, 0.1) is 0 Å². The van der Waals surface area contributed by atoms with Crippen molar-refractivity contribution in [2.75, 3.05) is 7.05 Å². The minimum atomic E-state index is 0.0331. The molecule has 1 rings (SSSR count). The molecule has 2 nitrogen and oxygen atoms in total. The van der Waals surface area contributed by atoms with Crippen LogP contribution in [0.15, 0.2) is 24.3 Å². The Bertz CT molecular complexity index is 378. The van der Waals surface area contributed by atoms with Crippen molar-refractivity contribution in [3.8, 4) is 0 Å². The van der Waals surface area contributed by atoms with Crippen molar-refractivity contribution < 1.29 is 4.79 Å².